The average Bonchev–Trinajstić information content (AvgIpc) is 2.75. The molecule has 0 bridgehead atoms. The molecule has 3 rings (SSSR count). The van der Waals surface area contributed by atoms with Crippen molar-refractivity contribution in [3.8, 4) is 11.5 Å². The highest BCUT2D eigenvalue weighted by atomic mass is 35.5. The number of ether oxygens (including phenoxy) is 1. The third-order valence-electron chi connectivity index (χ3n) is 3.94. The van der Waals surface area contributed by atoms with Gasteiger partial charge in [0.15, 0.2) is 11.7 Å². The van der Waals surface area contributed by atoms with E-state index in [1.54, 1.807) is 36.4 Å². The van der Waals surface area contributed by atoms with Gasteiger partial charge in [0.1, 0.15) is 5.75 Å². The largest absolute Gasteiger partial charge is 0.421 e. The fourth-order valence-corrected chi connectivity index (χ4v) is 3.41. The summed E-state index contributed by atoms with van der Waals surface area (Å²) >= 11 is 6.08. The van der Waals surface area contributed by atoms with E-state index in [9.17, 15) is 13.2 Å². The number of carbonyl (C=O) groups is 1. The molecule has 0 unspecified atom stereocenters. The molecule has 0 amide bonds. The summed E-state index contributed by atoms with van der Waals surface area (Å²) in [5, 5.41) is 10.8. The molecule has 4 N–H and O–H groups in total. The first-order valence-electron chi connectivity index (χ1n) is 9.12. The van der Waals surface area contributed by atoms with Crippen LogP contribution in [0.4, 0.5) is 5.69 Å². The highest BCUT2D eigenvalue weighted by molar-refractivity contribution is 7.90. The van der Waals surface area contributed by atoms with Crippen molar-refractivity contribution in [2.75, 3.05) is 5.32 Å². The molecule has 0 aliphatic carbocycles. The van der Waals surface area contributed by atoms with Crippen molar-refractivity contribution in [2.45, 2.75) is 0 Å². The molecular formula is C22H18ClN3O5S. The summed E-state index contributed by atoms with van der Waals surface area (Å²) < 4.78 is 34.8. The first kappa shape index (κ1) is 22.9. The zero-order valence-electron chi connectivity index (χ0n) is 16.5. The van der Waals surface area contributed by atoms with Gasteiger partial charge in [0, 0.05) is 11.8 Å². The van der Waals surface area contributed by atoms with Gasteiger partial charge < -0.3 is 20.0 Å². The molecule has 0 saturated heterocycles. The van der Waals surface area contributed by atoms with Crippen LogP contribution in [-0.4, -0.2) is 20.3 Å². The first-order chi connectivity index (χ1) is 15.2. The first-order valence-corrected chi connectivity index (χ1v) is 11.0. The highest BCUT2D eigenvalue weighted by Crippen LogP contribution is 2.30. The molecule has 0 aliphatic rings. The molecule has 0 atom stereocenters. The third-order valence-corrected chi connectivity index (χ3v) is 5.15. The maximum absolute atomic E-state index is 12.4. The minimum atomic E-state index is -4.06. The SMILES string of the molecule is N=C(N)Nc1ccc(C(=O)Oc2cc(OS(=O)(=O)C=Cc3ccccc3)ccc2Cl)cc1. The zero-order chi connectivity index (χ0) is 23.1. The number of anilines is 1. The monoisotopic (exact) mass is 471 g/mol. The van der Waals surface area contributed by atoms with Crippen LogP contribution in [0.25, 0.3) is 6.08 Å². The molecule has 0 heterocycles. The predicted molar refractivity (Wildman–Crippen MR) is 123 cm³/mol. The number of hydrogen-bond donors (Lipinski definition) is 3. The number of hydrogen-bond acceptors (Lipinski definition) is 6. The summed E-state index contributed by atoms with van der Waals surface area (Å²) in [6, 6.07) is 18.8. The summed E-state index contributed by atoms with van der Waals surface area (Å²) in [7, 11) is -4.06. The van der Waals surface area contributed by atoms with Crippen molar-refractivity contribution in [3.63, 3.8) is 0 Å². The van der Waals surface area contributed by atoms with E-state index in [0.717, 1.165) is 5.41 Å². The molecule has 0 radical (unpaired) electrons. The van der Waals surface area contributed by atoms with Gasteiger partial charge in [0.05, 0.1) is 16.0 Å². The van der Waals surface area contributed by atoms with Gasteiger partial charge in [-0.2, -0.15) is 8.42 Å². The van der Waals surface area contributed by atoms with Crippen LogP contribution in [0.2, 0.25) is 5.02 Å². The van der Waals surface area contributed by atoms with Gasteiger partial charge >= 0.3 is 16.1 Å². The topological polar surface area (TPSA) is 132 Å². The Kier molecular flexibility index (Phi) is 7.14. The molecule has 0 fully saturated rings. The fourth-order valence-electron chi connectivity index (χ4n) is 2.51. The van der Waals surface area contributed by atoms with E-state index in [2.05, 4.69) is 5.32 Å². The summed E-state index contributed by atoms with van der Waals surface area (Å²) in [5.41, 5.74) is 6.68. The molecule has 3 aromatic carbocycles. The number of rotatable bonds is 7. The van der Waals surface area contributed by atoms with Crippen molar-refractivity contribution in [1.82, 2.24) is 0 Å². The quantitative estimate of drug-likeness (QED) is 0.154. The average molecular weight is 472 g/mol. The molecule has 0 aliphatic heterocycles. The van der Waals surface area contributed by atoms with E-state index in [-0.39, 0.29) is 28.0 Å². The fraction of sp³-hybridized carbons (Fsp3) is 0. The van der Waals surface area contributed by atoms with Crippen molar-refractivity contribution < 1.29 is 22.1 Å². The van der Waals surface area contributed by atoms with Crippen LogP contribution in [0.3, 0.4) is 0 Å². The zero-order valence-corrected chi connectivity index (χ0v) is 18.1. The number of nitrogens with one attached hydrogen (secondary N) is 2. The number of halogens is 1. The molecule has 10 heteroatoms. The Labute approximate surface area is 189 Å². The van der Waals surface area contributed by atoms with Gasteiger partial charge in [-0.15, -0.1) is 0 Å². The summed E-state index contributed by atoms with van der Waals surface area (Å²) in [4.78, 5) is 12.4. The van der Waals surface area contributed by atoms with Crippen LogP contribution in [0.5, 0.6) is 11.5 Å². The lowest BCUT2D eigenvalue weighted by Gasteiger charge is -2.10. The number of carbonyl (C=O) groups excluding carboxylic acids is 1. The van der Waals surface area contributed by atoms with E-state index in [4.69, 9.17) is 31.7 Å². The lowest BCUT2D eigenvalue weighted by Crippen LogP contribution is -2.20. The summed E-state index contributed by atoms with van der Waals surface area (Å²) in [6.07, 6.45) is 1.40. The molecule has 8 nitrogen and oxygen atoms in total. The van der Waals surface area contributed by atoms with Gasteiger partial charge in [0.2, 0.25) is 0 Å². The minimum Gasteiger partial charge on any atom is -0.421 e. The van der Waals surface area contributed by atoms with Crippen molar-refractivity contribution >= 4 is 45.4 Å². The maximum Gasteiger partial charge on any atom is 0.343 e. The molecule has 3 aromatic rings. The minimum absolute atomic E-state index is 0.0673. The second-order valence-corrected chi connectivity index (χ2v) is 8.22. The van der Waals surface area contributed by atoms with E-state index < -0.39 is 16.1 Å². The lowest BCUT2D eigenvalue weighted by atomic mass is 10.2. The van der Waals surface area contributed by atoms with Crippen LogP contribution in [0.15, 0.2) is 78.2 Å². The van der Waals surface area contributed by atoms with E-state index >= 15 is 0 Å². The molecule has 164 valence electrons. The van der Waals surface area contributed by atoms with Gasteiger partial charge in [-0.25, -0.2) is 4.79 Å². The third kappa shape index (κ3) is 6.59. The number of nitrogens with two attached hydrogens (primary N) is 1. The maximum atomic E-state index is 12.4. The molecule has 0 spiro atoms. The van der Waals surface area contributed by atoms with E-state index in [0.29, 0.717) is 11.3 Å². The van der Waals surface area contributed by atoms with Crippen molar-refractivity contribution in [2.24, 2.45) is 5.73 Å². The van der Waals surface area contributed by atoms with Crippen LogP contribution in [0.1, 0.15) is 15.9 Å². The van der Waals surface area contributed by atoms with Crippen molar-refractivity contribution in [3.05, 3.63) is 94.4 Å². The summed E-state index contributed by atoms with van der Waals surface area (Å²) in [6.45, 7) is 0. The van der Waals surface area contributed by atoms with Gasteiger partial charge in [-0.1, -0.05) is 41.9 Å². The van der Waals surface area contributed by atoms with Crippen molar-refractivity contribution in [1.29, 1.82) is 5.41 Å². The van der Waals surface area contributed by atoms with Gasteiger partial charge in [0.25, 0.3) is 0 Å². The molecule has 0 saturated carbocycles. The Bertz CT molecular complexity index is 1260. The second-order valence-electron chi connectivity index (χ2n) is 6.39. The number of benzene rings is 3. The Morgan fingerprint density at radius 3 is 2.38 bits per heavy atom. The summed E-state index contributed by atoms with van der Waals surface area (Å²) in [5.74, 6) is -1.10. The predicted octanol–water partition coefficient (Wildman–Crippen LogP) is 4.24. The highest BCUT2D eigenvalue weighted by Gasteiger charge is 2.15. The van der Waals surface area contributed by atoms with Crippen LogP contribution >= 0.6 is 11.6 Å². The standard InChI is InChI=1S/C22H18ClN3O5S/c23-19-11-10-18(31-32(28,29)13-12-15-4-2-1-3-5-15)14-20(19)30-21(27)16-6-8-17(9-7-16)26-22(24)25/h1-14H,(H4,24,25,26). The molecular weight excluding hydrogens is 454 g/mol. The Hall–Kier alpha value is -3.82. The molecule has 0 aromatic heterocycles. The Morgan fingerprint density at radius 2 is 1.72 bits per heavy atom. The smallest absolute Gasteiger partial charge is 0.343 e. The Balaban J connectivity index is 1.72. The normalized spacial score (nSPS) is 11.2. The number of guanidine groups is 1. The van der Waals surface area contributed by atoms with E-state index in [1.165, 1.54) is 36.4 Å². The molecule has 32 heavy (non-hydrogen) atoms. The van der Waals surface area contributed by atoms with Gasteiger partial charge in [-0.05, 0) is 48.0 Å². The van der Waals surface area contributed by atoms with E-state index in [1.807, 2.05) is 6.07 Å². The lowest BCUT2D eigenvalue weighted by molar-refractivity contribution is 0.0735. The van der Waals surface area contributed by atoms with Crippen LogP contribution in [-0.2, 0) is 10.1 Å². The van der Waals surface area contributed by atoms with Gasteiger partial charge in [-0.3, -0.25) is 5.41 Å². The van der Waals surface area contributed by atoms with Crippen LogP contribution < -0.4 is 20.0 Å². The Morgan fingerprint density at radius 1 is 1.03 bits per heavy atom. The second kappa shape index (κ2) is 9.99. The van der Waals surface area contributed by atoms with Crippen LogP contribution in [0, 0.1) is 5.41 Å². The number of esters is 1.